The van der Waals surface area contributed by atoms with Gasteiger partial charge in [0.05, 0.1) is 10.9 Å². The molecule has 0 aliphatic carbocycles. The van der Waals surface area contributed by atoms with Gasteiger partial charge in [0.1, 0.15) is 11.3 Å². The van der Waals surface area contributed by atoms with E-state index in [9.17, 15) is 0 Å². The van der Waals surface area contributed by atoms with Gasteiger partial charge in [0, 0.05) is 26.0 Å². The highest BCUT2D eigenvalue weighted by atomic mass is 35.5. The second-order valence-corrected chi connectivity index (χ2v) is 4.56. The number of ether oxygens (including phenoxy) is 1. The number of aryl methyl sites for hydroxylation is 1. The van der Waals surface area contributed by atoms with E-state index in [1.54, 1.807) is 12.3 Å². The number of imidazole rings is 1. The number of pyridine rings is 1. The smallest absolute Gasteiger partial charge is 0.160 e. The first-order valence-corrected chi connectivity index (χ1v) is 6.82. The second kappa shape index (κ2) is 6.36. The maximum Gasteiger partial charge on any atom is 0.160 e. The standard InChI is InChI=1S/C12H15Cl2N3O/c1-2-18-5-3-4-17-11(7-13)16-10-6-9(14)8-15-12(10)17/h6,8H,2-5,7H2,1H3. The van der Waals surface area contributed by atoms with Crippen LogP contribution in [0.1, 0.15) is 19.2 Å². The Kier molecular flexibility index (Phi) is 4.80. The summed E-state index contributed by atoms with van der Waals surface area (Å²) < 4.78 is 7.35. The van der Waals surface area contributed by atoms with Crippen molar-refractivity contribution in [1.82, 2.24) is 14.5 Å². The van der Waals surface area contributed by atoms with Crippen LogP contribution in [0, 0.1) is 0 Å². The molecule has 0 saturated carbocycles. The minimum Gasteiger partial charge on any atom is -0.382 e. The molecule has 0 N–H and O–H groups in total. The van der Waals surface area contributed by atoms with Crippen LogP contribution in [-0.4, -0.2) is 27.7 Å². The van der Waals surface area contributed by atoms with Crippen molar-refractivity contribution in [3.8, 4) is 0 Å². The van der Waals surface area contributed by atoms with Crippen LogP contribution in [0.15, 0.2) is 12.3 Å². The predicted octanol–water partition coefficient (Wildman–Crippen LogP) is 3.25. The number of hydrogen-bond acceptors (Lipinski definition) is 3. The van der Waals surface area contributed by atoms with E-state index in [1.165, 1.54) is 0 Å². The van der Waals surface area contributed by atoms with Crippen molar-refractivity contribution in [3.63, 3.8) is 0 Å². The molecular formula is C12H15Cl2N3O. The summed E-state index contributed by atoms with van der Waals surface area (Å²) >= 11 is 11.8. The van der Waals surface area contributed by atoms with Crippen LogP contribution in [0.25, 0.3) is 11.2 Å². The molecule has 98 valence electrons. The lowest BCUT2D eigenvalue weighted by Crippen LogP contribution is -2.06. The summed E-state index contributed by atoms with van der Waals surface area (Å²) in [5.74, 6) is 1.18. The van der Waals surface area contributed by atoms with Crippen molar-refractivity contribution in [3.05, 3.63) is 23.1 Å². The predicted molar refractivity (Wildman–Crippen MR) is 73.2 cm³/mol. The van der Waals surface area contributed by atoms with Gasteiger partial charge < -0.3 is 9.30 Å². The highest BCUT2D eigenvalue weighted by Gasteiger charge is 2.11. The molecule has 2 heterocycles. The lowest BCUT2D eigenvalue weighted by molar-refractivity contribution is 0.141. The first-order valence-electron chi connectivity index (χ1n) is 5.90. The Morgan fingerprint density at radius 1 is 1.44 bits per heavy atom. The number of hydrogen-bond donors (Lipinski definition) is 0. The molecule has 0 aromatic carbocycles. The van der Waals surface area contributed by atoms with Gasteiger partial charge in [-0.15, -0.1) is 11.6 Å². The van der Waals surface area contributed by atoms with Crippen molar-refractivity contribution in [2.45, 2.75) is 25.8 Å². The van der Waals surface area contributed by atoms with E-state index >= 15 is 0 Å². The SMILES string of the molecule is CCOCCCn1c(CCl)nc2cc(Cl)cnc21. The molecule has 2 rings (SSSR count). The fraction of sp³-hybridized carbons (Fsp3) is 0.500. The Hall–Kier alpha value is -0.840. The van der Waals surface area contributed by atoms with Gasteiger partial charge in [-0.3, -0.25) is 0 Å². The lowest BCUT2D eigenvalue weighted by atomic mass is 10.4. The minimum atomic E-state index is 0.364. The molecule has 0 radical (unpaired) electrons. The Morgan fingerprint density at radius 3 is 3.00 bits per heavy atom. The summed E-state index contributed by atoms with van der Waals surface area (Å²) in [7, 11) is 0. The van der Waals surface area contributed by atoms with Gasteiger partial charge in [-0.25, -0.2) is 9.97 Å². The molecule has 0 aliphatic heterocycles. The zero-order valence-electron chi connectivity index (χ0n) is 10.2. The molecule has 4 nitrogen and oxygen atoms in total. The van der Waals surface area contributed by atoms with Gasteiger partial charge in [-0.05, 0) is 19.4 Å². The van der Waals surface area contributed by atoms with Gasteiger partial charge in [-0.2, -0.15) is 0 Å². The Labute approximate surface area is 116 Å². The summed E-state index contributed by atoms with van der Waals surface area (Å²) in [4.78, 5) is 8.75. The minimum absolute atomic E-state index is 0.364. The zero-order chi connectivity index (χ0) is 13.0. The fourth-order valence-corrected chi connectivity index (χ4v) is 2.20. The van der Waals surface area contributed by atoms with Gasteiger partial charge in [-0.1, -0.05) is 11.6 Å². The molecular weight excluding hydrogens is 273 g/mol. The number of aromatic nitrogens is 3. The van der Waals surface area contributed by atoms with Crippen LogP contribution >= 0.6 is 23.2 Å². The van der Waals surface area contributed by atoms with Gasteiger partial charge in [0.2, 0.25) is 0 Å². The Bertz CT molecular complexity index is 527. The summed E-state index contributed by atoms with van der Waals surface area (Å²) in [5.41, 5.74) is 1.61. The third-order valence-corrected chi connectivity index (χ3v) is 3.07. The van der Waals surface area contributed by atoms with Crippen molar-refractivity contribution in [1.29, 1.82) is 0 Å². The monoisotopic (exact) mass is 287 g/mol. The first-order chi connectivity index (χ1) is 8.76. The highest BCUT2D eigenvalue weighted by molar-refractivity contribution is 6.31. The molecule has 0 fully saturated rings. The Balaban J connectivity index is 2.23. The molecule has 0 saturated heterocycles. The van der Waals surface area contributed by atoms with Crippen LogP contribution in [0.3, 0.4) is 0 Å². The average molecular weight is 288 g/mol. The van der Waals surface area contributed by atoms with Crippen LogP contribution < -0.4 is 0 Å². The van der Waals surface area contributed by atoms with Gasteiger partial charge in [0.15, 0.2) is 5.65 Å². The number of halogens is 2. The van der Waals surface area contributed by atoms with Crippen molar-refractivity contribution in [2.24, 2.45) is 0 Å². The largest absolute Gasteiger partial charge is 0.382 e. The number of alkyl halides is 1. The Morgan fingerprint density at radius 2 is 2.28 bits per heavy atom. The van der Waals surface area contributed by atoms with E-state index in [2.05, 4.69) is 9.97 Å². The normalized spacial score (nSPS) is 11.3. The number of rotatable bonds is 6. The molecule has 18 heavy (non-hydrogen) atoms. The first kappa shape index (κ1) is 13.6. The topological polar surface area (TPSA) is 39.9 Å². The summed E-state index contributed by atoms with van der Waals surface area (Å²) in [6.45, 7) is 4.25. The van der Waals surface area contributed by atoms with E-state index in [0.717, 1.165) is 43.2 Å². The van der Waals surface area contributed by atoms with Crippen LogP contribution in [0.4, 0.5) is 0 Å². The number of nitrogens with zero attached hydrogens (tertiary/aromatic N) is 3. The molecule has 2 aromatic rings. The summed E-state index contributed by atoms with van der Waals surface area (Å²) in [6, 6.07) is 1.80. The van der Waals surface area contributed by atoms with Crippen LogP contribution in [-0.2, 0) is 17.2 Å². The van der Waals surface area contributed by atoms with E-state index < -0.39 is 0 Å². The molecule has 0 spiro atoms. The molecule has 0 unspecified atom stereocenters. The van der Waals surface area contributed by atoms with Crippen molar-refractivity contribution >= 4 is 34.4 Å². The highest BCUT2D eigenvalue weighted by Crippen LogP contribution is 2.19. The van der Waals surface area contributed by atoms with Crippen molar-refractivity contribution < 1.29 is 4.74 Å². The molecule has 0 amide bonds. The summed E-state index contributed by atoms with van der Waals surface area (Å²) in [6.07, 6.45) is 2.54. The van der Waals surface area contributed by atoms with E-state index in [4.69, 9.17) is 27.9 Å². The van der Waals surface area contributed by atoms with Gasteiger partial charge >= 0.3 is 0 Å². The third kappa shape index (κ3) is 2.94. The van der Waals surface area contributed by atoms with Crippen molar-refractivity contribution in [2.75, 3.05) is 13.2 Å². The summed E-state index contributed by atoms with van der Waals surface area (Å²) in [5, 5.41) is 0.586. The van der Waals surface area contributed by atoms with E-state index in [0.29, 0.717) is 10.9 Å². The average Bonchev–Trinajstić information content (AvgIpc) is 2.71. The van der Waals surface area contributed by atoms with Crippen LogP contribution in [0.2, 0.25) is 5.02 Å². The molecule has 0 bridgehead atoms. The van der Waals surface area contributed by atoms with E-state index in [1.807, 2.05) is 11.5 Å². The second-order valence-electron chi connectivity index (χ2n) is 3.86. The maximum absolute atomic E-state index is 5.91. The lowest BCUT2D eigenvalue weighted by Gasteiger charge is -2.06. The molecule has 6 heteroatoms. The molecule has 0 atom stereocenters. The van der Waals surface area contributed by atoms with Gasteiger partial charge in [0.25, 0.3) is 0 Å². The molecule has 2 aromatic heterocycles. The molecule has 0 aliphatic rings. The maximum atomic E-state index is 5.91. The zero-order valence-corrected chi connectivity index (χ0v) is 11.7. The fourth-order valence-electron chi connectivity index (χ4n) is 1.84. The van der Waals surface area contributed by atoms with E-state index in [-0.39, 0.29) is 0 Å². The number of fused-ring (bicyclic) bond motifs is 1. The third-order valence-electron chi connectivity index (χ3n) is 2.62. The van der Waals surface area contributed by atoms with Crippen LogP contribution in [0.5, 0.6) is 0 Å². The quantitative estimate of drug-likeness (QED) is 0.605.